The van der Waals surface area contributed by atoms with Crippen molar-refractivity contribution in [1.29, 1.82) is 0 Å². The van der Waals surface area contributed by atoms with Gasteiger partial charge in [0.15, 0.2) is 0 Å². The van der Waals surface area contributed by atoms with Crippen LogP contribution in [0, 0.1) is 5.92 Å². The van der Waals surface area contributed by atoms with Gasteiger partial charge in [-0.3, -0.25) is 0 Å². The van der Waals surface area contributed by atoms with Crippen molar-refractivity contribution in [2.45, 2.75) is 31.7 Å². The highest BCUT2D eigenvalue weighted by Crippen LogP contribution is 2.31. The van der Waals surface area contributed by atoms with Gasteiger partial charge in [0, 0.05) is 18.6 Å². The molecule has 0 bridgehead atoms. The second kappa shape index (κ2) is 5.61. The minimum Gasteiger partial charge on any atom is -0.396 e. The summed E-state index contributed by atoms with van der Waals surface area (Å²) >= 11 is 5.99. The summed E-state index contributed by atoms with van der Waals surface area (Å²) in [4.78, 5) is 0. The van der Waals surface area contributed by atoms with Crippen LogP contribution in [0.2, 0.25) is 5.02 Å². The predicted molar refractivity (Wildman–Crippen MR) is 72.3 cm³/mol. The van der Waals surface area contributed by atoms with E-state index in [1.807, 2.05) is 12.1 Å². The molecule has 0 amide bonds. The van der Waals surface area contributed by atoms with Crippen molar-refractivity contribution in [3.05, 3.63) is 23.2 Å². The average molecular weight is 255 g/mol. The summed E-state index contributed by atoms with van der Waals surface area (Å²) in [6.45, 7) is 0.234. The van der Waals surface area contributed by atoms with Gasteiger partial charge in [0.05, 0.1) is 16.4 Å². The van der Waals surface area contributed by atoms with Crippen molar-refractivity contribution in [1.82, 2.24) is 0 Å². The standard InChI is InChI=1S/C13H19ClN2O/c14-10-5-3-7-12(13(10)15)16-11-6-2-1-4-9(11)8-17/h3,5,7,9,11,16-17H,1-2,4,6,8,15H2. The smallest absolute Gasteiger partial charge is 0.0739 e. The van der Waals surface area contributed by atoms with Crippen molar-refractivity contribution in [3.63, 3.8) is 0 Å². The molecule has 0 heterocycles. The molecular weight excluding hydrogens is 236 g/mol. The lowest BCUT2D eigenvalue weighted by atomic mass is 9.85. The Kier molecular flexibility index (Phi) is 4.13. The van der Waals surface area contributed by atoms with E-state index in [2.05, 4.69) is 5.32 Å². The Labute approximate surface area is 107 Å². The Hall–Kier alpha value is -0.930. The molecule has 94 valence electrons. The Balaban J connectivity index is 2.11. The number of aliphatic hydroxyl groups is 1. The largest absolute Gasteiger partial charge is 0.396 e. The number of nitrogens with two attached hydrogens (primary N) is 1. The molecule has 4 N–H and O–H groups in total. The van der Waals surface area contributed by atoms with Gasteiger partial charge in [-0.25, -0.2) is 0 Å². The number of nitrogen functional groups attached to an aromatic ring is 1. The topological polar surface area (TPSA) is 58.3 Å². The van der Waals surface area contributed by atoms with Gasteiger partial charge in [0.2, 0.25) is 0 Å². The molecule has 0 aromatic heterocycles. The van der Waals surface area contributed by atoms with Crippen LogP contribution in [0.1, 0.15) is 25.7 Å². The van der Waals surface area contributed by atoms with Crippen LogP contribution < -0.4 is 11.1 Å². The number of hydrogen-bond donors (Lipinski definition) is 3. The second-order valence-electron chi connectivity index (χ2n) is 4.68. The molecule has 2 rings (SSSR count). The lowest BCUT2D eigenvalue weighted by Crippen LogP contribution is -2.34. The monoisotopic (exact) mass is 254 g/mol. The van der Waals surface area contributed by atoms with Crippen molar-refractivity contribution in [3.8, 4) is 0 Å². The third-order valence-electron chi connectivity index (χ3n) is 3.54. The van der Waals surface area contributed by atoms with Gasteiger partial charge < -0.3 is 16.2 Å². The molecule has 0 spiro atoms. The molecule has 1 fully saturated rings. The minimum atomic E-state index is 0.234. The van der Waals surface area contributed by atoms with E-state index >= 15 is 0 Å². The van der Waals surface area contributed by atoms with Crippen molar-refractivity contribution in [2.75, 3.05) is 17.7 Å². The highest BCUT2D eigenvalue weighted by atomic mass is 35.5. The lowest BCUT2D eigenvalue weighted by molar-refractivity contribution is 0.178. The van der Waals surface area contributed by atoms with Gasteiger partial charge in [-0.2, -0.15) is 0 Å². The maximum atomic E-state index is 9.37. The number of nitrogens with one attached hydrogen (secondary N) is 1. The van der Waals surface area contributed by atoms with Gasteiger partial charge in [-0.15, -0.1) is 0 Å². The van der Waals surface area contributed by atoms with Crippen molar-refractivity contribution < 1.29 is 5.11 Å². The van der Waals surface area contributed by atoms with Gasteiger partial charge in [0.25, 0.3) is 0 Å². The van der Waals surface area contributed by atoms with Gasteiger partial charge >= 0.3 is 0 Å². The van der Waals surface area contributed by atoms with E-state index in [1.54, 1.807) is 6.07 Å². The number of aliphatic hydroxyl groups excluding tert-OH is 1. The van der Waals surface area contributed by atoms with E-state index in [9.17, 15) is 5.11 Å². The molecule has 2 atom stereocenters. The molecule has 0 radical (unpaired) electrons. The van der Waals surface area contributed by atoms with E-state index in [4.69, 9.17) is 17.3 Å². The van der Waals surface area contributed by atoms with Crippen LogP contribution in [0.5, 0.6) is 0 Å². The third kappa shape index (κ3) is 2.85. The first-order chi connectivity index (χ1) is 8.22. The summed E-state index contributed by atoms with van der Waals surface area (Å²) in [7, 11) is 0. The zero-order valence-corrected chi connectivity index (χ0v) is 10.6. The summed E-state index contributed by atoms with van der Waals surface area (Å²) in [5.41, 5.74) is 7.40. The summed E-state index contributed by atoms with van der Waals surface area (Å²) in [5, 5.41) is 13.4. The third-order valence-corrected chi connectivity index (χ3v) is 3.87. The maximum Gasteiger partial charge on any atom is 0.0739 e. The van der Waals surface area contributed by atoms with Gasteiger partial charge in [-0.1, -0.05) is 30.5 Å². The van der Waals surface area contributed by atoms with Gasteiger partial charge in [0.1, 0.15) is 0 Å². The van der Waals surface area contributed by atoms with E-state index in [-0.39, 0.29) is 6.61 Å². The van der Waals surface area contributed by atoms with Crippen LogP contribution in [0.25, 0.3) is 0 Å². The zero-order valence-electron chi connectivity index (χ0n) is 9.82. The fourth-order valence-electron chi connectivity index (χ4n) is 2.48. The summed E-state index contributed by atoms with van der Waals surface area (Å²) in [6.07, 6.45) is 4.56. The highest BCUT2D eigenvalue weighted by Gasteiger charge is 2.24. The molecule has 1 saturated carbocycles. The summed E-state index contributed by atoms with van der Waals surface area (Å²) < 4.78 is 0. The average Bonchev–Trinajstić information content (AvgIpc) is 2.35. The van der Waals surface area contributed by atoms with Gasteiger partial charge in [-0.05, 0) is 25.0 Å². The molecule has 1 aliphatic rings. The quantitative estimate of drug-likeness (QED) is 0.727. The molecule has 0 aliphatic heterocycles. The van der Waals surface area contributed by atoms with E-state index in [0.717, 1.165) is 18.5 Å². The molecule has 3 nitrogen and oxygen atoms in total. The van der Waals surface area contributed by atoms with Crippen LogP contribution in [0.3, 0.4) is 0 Å². The van der Waals surface area contributed by atoms with Crippen LogP contribution in [0.15, 0.2) is 18.2 Å². The first-order valence-electron chi connectivity index (χ1n) is 6.13. The van der Waals surface area contributed by atoms with Crippen LogP contribution >= 0.6 is 11.6 Å². The highest BCUT2D eigenvalue weighted by molar-refractivity contribution is 6.33. The molecule has 17 heavy (non-hydrogen) atoms. The zero-order chi connectivity index (χ0) is 12.3. The first-order valence-corrected chi connectivity index (χ1v) is 6.51. The molecule has 1 aromatic carbocycles. The van der Waals surface area contributed by atoms with E-state index < -0.39 is 0 Å². The number of benzene rings is 1. The Bertz CT molecular complexity index is 384. The number of rotatable bonds is 3. The van der Waals surface area contributed by atoms with E-state index in [0.29, 0.717) is 22.7 Å². The first kappa shape index (κ1) is 12.5. The Morgan fingerprint density at radius 2 is 2.12 bits per heavy atom. The van der Waals surface area contributed by atoms with Crippen LogP contribution in [0.4, 0.5) is 11.4 Å². The Morgan fingerprint density at radius 3 is 2.88 bits per heavy atom. The van der Waals surface area contributed by atoms with Crippen LogP contribution in [-0.2, 0) is 0 Å². The number of hydrogen-bond acceptors (Lipinski definition) is 3. The predicted octanol–water partition coefficient (Wildman–Crippen LogP) is 2.89. The number of anilines is 2. The molecule has 0 saturated heterocycles. The summed E-state index contributed by atoms with van der Waals surface area (Å²) in [5.74, 6) is 0.321. The maximum absolute atomic E-state index is 9.37. The Morgan fingerprint density at radius 1 is 1.35 bits per heavy atom. The molecular formula is C13H19ClN2O. The second-order valence-corrected chi connectivity index (χ2v) is 5.09. The minimum absolute atomic E-state index is 0.234. The molecule has 2 unspecified atom stereocenters. The normalized spacial score (nSPS) is 24.6. The molecule has 1 aromatic rings. The fraction of sp³-hybridized carbons (Fsp3) is 0.538. The van der Waals surface area contributed by atoms with Crippen molar-refractivity contribution >= 4 is 23.0 Å². The van der Waals surface area contributed by atoms with E-state index in [1.165, 1.54) is 12.8 Å². The number of halogens is 1. The summed E-state index contributed by atoms with van der Waals surface area (Å²) in [6, 6.07) is 5.91. The fourth-order valence-corrected chi connectivity index (χ4v) is 2.65. The molecule has 1 aliphatic carbocycles. The number of para-hydroxylation sites is 1. The SMILES string of the molecule is Nc1c(Cl)cccc1NC1CCCCC1CO. The van der Waals surface area contributed by atoms with Crippen LogP contribution in [-0.4, -0.2) is 17.8 Å². The lowest BCUT2D eigenvalue weighted by Gasteiger charge is -2.32. The molecule has 4 heteroatoms. The van der Waals surface area contributed by atoms with Crippen molar-refractivity contribution in [2.24, 2.45) is 5.92 Å².